The van der Waals surface area contributed by atoms with E-state index in [1.807, 2.05) is 0 Å². The first-order valence-corrected chi connectivity index (χ1v) is 7.10. The Labute approximate surface area is 137 Å². The van der Waals surface area contributed by atoms with Crippen molar-refractivity contribution in [2.45, 2.75) is 0 Å². The van der Waals surface area contributed by atoms with E-state index in [2.05, 4.69) is 10.6 Å². The van der Waals surface area contributed by atoms with Gasteiger partial charge in [-0.15, -0.1) is 0 Å². The molecule has 0 aliphatic heterocycles. The molecule has 0 aliphatic carbocycles. The maximum Gasteiger partial charge on any atom is 0.248 e. The fraction of sp³-hybridized carbons (Fsp3) is 0. The van der Waals surface area contributed by atoms with E-state index in [-0.39, 0.29) is 0 Å². The molecule has 0 spiro atoms. The van der Waals surface area contributed by atoms with Crippen molar-refractivity contribution in [3.8, 4) is 0 Å². The van der Waals surface area contributed by atoms with Crippen molar-refractivity contribution >= 4 is 46.4 Å². The van der Waals surface area contributed by atoms with Gasteiger partial charge in [-0.3, -0.25) is 9.59 Å². The molecule has 4 nitrogen and oxygen atoms in total. The Morgan fingerprint density at radius 2 is 1.18 bits per heavy atom. The zero-order chi connectivity index (χ0) is 15.9. The number of benzene rings is 2. The second-order valence-electron chi connectivity index (χ2n) is 4.33. The summed E-state index contributed by atoms with van der Waals surface area (Å²) < 4.78 is 0. The van der Waals surface area contributed by atoms with Crippen molar-refractivity contribution < 1.29 is 9.59 Å². The average molecular weight is 335 g/mol. The number of carbonyl (C=O) groups excluding carboxylic acids is 2. The van der Waals surface area contributed by atoms with Crippen LogP contribution in [-0.2, 0) is 9.59 Å². The molecule has 0 bridgehead atoms. The van der Waals surface area contributed by atoms with Crippen LogP contribution in [-0.4, -0.2) is 11.8 Å². The number of hydrogen-bond acceptors (Lipinski definition) is 2. The number of anilines is 2. The van der Waals surface area contributed by atoms with Gasteiger partial charge in [0.25, 0.3) is 0 Å². The first kappa shape index (κ1) is 16.1. The summed E-state index contributed by atoms with van der Waals surface area (Å²) in [6, 6.07) is 13.4. The van der Waals surface area contributed by atoms with Gasteiger partial charge in [0.1, 0.15) is 0 Å². The topological polar surface area (TPSA) is 58.2 Å². The Kier molecular flexibility index (Phi) is 5.58. The highest BCUT2D eigenvalue weighted by atomic mass is 35.5. The first-order chi connectivity index (χ1) is 10.5. The standard InChI is InChI=1S/C16H12Cl2N2O2/c17-11-3-1-5-13(9-11)19-15(21)7-8-16(22)20-14-6-2-4-12(18)10-14/h1-10H,(H,19,21)(H,20,22)/b8-7+. The number of rotatable bonds is 4. The zero-order valence-corrected chi connectivity index (χ0v) is 12.9. The lowest BCUT2D eigenvalue weighted by atomic mass is 10.3. The molecular formula is C16H12Cl2N2O2. The predicted octanol–water partition coefficient (Wildman–Crippen LogP) is 4.13. The van der Waals surface area contributed by atoms with Crippen LogP contribution in [0.3, 0.4) is 0 Å². The van der Waals surface area contributed by atoms with Gasteiger partial charge in [0, 0.05) is 33.6 Å². The quantitative estimate of drug-likeness (QED) is 0.826. The molecule has 0 saturated heterocycles. The number of amides is 2. The molecule has 22 heavy (non-hydrogen) atoms. The smallest absolute Gasteiger partial charge is 0.248 e. The zero-order valence-electron chi connectivity index (χ0n) is 11.3. The summed E-state index contributed by atoms with van der Waals surface area (Å²) in [5, 5.41) is 6.23. The van der Waals surface area contributed by atoms with Crippen LogP contribution in [0.5, 0.6) is 0 Å². The Morgan fingerprint density at radius 3 is 1.55 bits per heavy atom. The van der Waals surface area contributed by atoms with Crippen LogP contribution in [0, 0.1) is 0 Å². The Morgan fingerprint density at radius 1 is 0.773 bits per heavy atom. The van der Waals surface area contributed by atoms with Crippen molar-refractivity contribution in [3.63, 3.8) is 0 Å². The van der Waals surface area contributed by atoms with Gasteiger partial charge < -0.3 is 10.6 Å². The number of nitrogens with one attached hydrogen (secondary N) is 2. The Bertz CT molecular complexity index is 668. The van der Waals surface area contributed by atoms with E-state index in [0.717, 1.165) is 12.2 Å². The van der Waals surface area contributed by atoms with Crippen LogP contribution in [0.2, 0.25) is 10.0 Å². The Hall–Kier alpha value is -2.30. The molecule has 0 heterocycles. The highest BCUT2D eigenvalue weighted by Crippen LogP contribution is 2.15. The summed E-state index contributed by atoms with van der Waals surface area (Å²) in [5.41, 5.74) is 1.11. The van der Waals surface area contributed by atoms with Crippen LogP contribution >= 0.6 is 23.2 Å². The van der Waals surface area contributed by atoms with Crippen molar-refractivity contribution in [2.24, 2.45) is 0 Å². The van der Waals surface area contributed by atoms with Crippen molar-refractivity contribution in [3.05, 3.63) is 70.7 Å². The minimum Gasteiger partial charge on any atom is -0.322 e. The maximum absolute atomic E-state index is 11.7. The summed E-state index contributed by atoms with van der Waals surface area (Å²) in [5.74, 6) is -0.855. The third-order valence-electron chi connectivity index (χ3n) is 2.57. The molecule has 2 aromatic carbocycles. The molecule has 0 fully saturated rings. The SMILES string of the molecule is O=C(/C=C/C(=O)Nc1cccc(Cl)c1)Nc1cccc(Cl)c1. The van der Waals surface area contributed by atoms with Gasteiger partial charge in [-0.1, -0.05) is 35.3 Å². The van der Waals surface area contributed by atoms with E-state index in [4.69, 9.17) is 23.2 Å². The molecule has 2 N–H and O–H groups in total. The van der Waals surface area contributed by atoms with Crippen LogP contribution in [0.25, 0.3) is 0 Å². The van der Waals surface area contributed by atoms with Crippen LogP contribution in [0.1, 0.15) is 0 Å². The summed E-state index contributed by atoms with van der Waals surface area (Å²) in [6.07, 6.45) is 2.28. The van der Waals surface area contributed by atoms with E-state index < -0.39 is 11.8 Å². The normalized spacial score (nSPS) is 10.5. The van der Waals surface area contributed by atoms with Crippen molar-refractivity contribution in [1.29, 1.82) is 0 Å². The third kappa shape index (κ3) is 5.24. The van der Waals surface area contributed by atoms with Gasteiger partial charge in [0.2, 0.25) is 11.8 Å². The predicted molar refractivity (Wildman–Crippen MR) is 89.3 cm³/mol. The van der Waals surface area contributed by atoms with Gasteiger partial charge >= 0.3 is 0 Å². The van der Waals surface area contributed by atoms with Gasteiger partial charge in [0.05, 0.1) is 0 Å². The lowest BCUT2D eigenvalue weighted by Gasteiger charge is -2.03. The lowest BCUT2D eigenvalue weighted by Crippen LogP contribution is -2.12. The minimum absolute atomic E-state index is 0.427. The van der Waals surface area contributed by atoms with Crippen LogP contribution in [0.4, 0.5) is 11.4 Å². The highest BCUT2D eigenvalue weighted by Gasteiger charge is 2.01. The highest BCUT2D eigenvalue weighted by molar-refractivity contribution is 6.31. The monoisotopic (exact) mass is 334 g/mol. The first-order valence-electron chi connectivity index (χ1n) is 6.34. The maximum atomic E-state index is 11.7. The summed E-state index contributed by atoms with van der Waals surface area (Å²) in [4.78, 5) is 23.4. The van der Waals surface area contributed by atoms with Crippen molar-refractivity contribution in [1.82, 2.24) is 0 Å². The van der Waals surface area contributed by atoms with Crippen molar-refractivity contribution in [2.75, 3.05) is 10.6 Å². The van der Waals surface area contributed by atoms with Crippen LogP contribution < -0.4 is 10.6 Å². The molecule has 112 valence electrons. The van der Waals surface area contributed by atoms with E-state index >= 15 is 0 Å². The van der Waals surface area contributed by atoms with E-state index in [0.29, 0.717) is 21.4 Å². The second-order valence-corrected chi connectivity index (χ2v) is 5.21. The molecule has 0 aromatic heterocycles. The number of carbonyl (C=O) groups is 2. The number of hydrogen-bond donors (Lipinski definition) is 2. The summed E-state index contributed by atoms with van der Waals surface area (Å²) in [7, 11) is 0. The van der Waals surface area contributed by atoms with Gasteiger partial charge in [0.15, 0.2) is 0 Å². The second kappa shape index (κ2) is 7.64. The van der Waals surface area contributed by atoms with Gasteiger partial charge in [-0.25, -0.2) is 0 Å². The minimum atomic E-state index is -0.427. The third-order valence-corrected chi connectivity index (χ3v) is 3.04. The van der Waals surface area contributed by atoms with E-state index in [9.17, 15) is 9.59 Å². The molecule has 0 unspecified atom stereocenters. The fourth-order valence-electron chi connectivity index (χ4n) is 1.65. The largest absolute Gasteiger partial charge is 0.322 e. The van der Waals surface area contributed by atoms with E-state index in [1.54, 1.807) is 48.5 Å². The summed E-state index contributed by atoms with van der Waals surface area (Å²) >= 11 is 11.6. The van der Waals surface area contributed by atoms with Gasteiger partial charge in [-0.2, -0.15) is 0 Å². The molecular weight excluding hydrogens is 323 g/mol. The molecule has 2 aromatic rings. The molecule has 2 rings (SSSR count). The Balaban J connectivity index is 1.90. The lowest BCUT2D eigenvalue weighted by molar-refractivity contribution is -0.114. The molecule has 0 saturated carbocycles. The van der Waals surface area contributed by atoms with Crippen LogP contribution in [0.15, 0.2) is 60.7 Å². The number of halogens is 2. The van der Waals surface area contributed by atoms with E-state index in [1.165, 1.54) is 0 Å². The fourth-order valence-corrected chi connectivity index (χ4v) is 2.03. The average Bonchev–Trinajstić information content (AvgIpc) is 2.45. The molecule has 6 heteroatoms. The molecule has 0 radical (unpaired) electrons. The molecule has 0 aliphatic rings. The summed E-state index contributed by atoms with van der Waals surface area (Å²) in [6.45, 7) is 0. The molecule has 0 atom stereocenters. The van der Waals surface area contributed by atoms with Gasteiger partial charge in [-0.05, 0) is 36.4 Å². The molecule has 2 amide bonds.